The molecule has 0 bridgehead atoms. The van der Waals surface area contributed by atoms with Crippen molar-refractivity contribution in [1.82, 2.24) is 15.3 Å². The van der Waals surface area contributed by atoms with E-state index < -0.39 is 0 Å². The summed E-state index contributed by atoms with van der Waals surface area (Å²) in [7, 11) is 0. The summed E-state index contributed by atoms with van der Waals surface area (Å²) in [6.07, 6.45) is 6.13. The lowest BCUT2D eigenvalue weighted by molar-refractivity contribution is 0.171. The van der Waals surface area contributed by atoms with Gasteiger partial charge in [-0.3, -0.25) is 0 Å². The zero-order valence-electron chi connectivity index (χ0n) is 20.8. The maximum absolute atomic E-state index is 5.69. The minimum absolute atomic E-state index is 0.472. The number of piperidine rings is 2. The number of rotatable bonds is 5. The second kappa shape index (κ2) is 10.8. The fourth-order valence-electron chi connectivity index (χ4n) is 5.15. The molecule has 1 aromatic carbocycles. The van der Waals surface area contributed by atoms with E-state index in [-0.39, 0.29) is 0 Å². The predicted molar refractivity (Wildman–Crippen MR) is 144 cm³/mol. The standard InChI is InChI=1S/C26H36N6O2S/c1-18-6-5-10-31(17-18)23-15-24(32-11-4-3-7-19(32)2)29-25(28-23)30-26(35)27-16-20-8-9-21-22(14-20)34-13-12-33-21/h8-9,14-15,18-19H,3-7,10-13,16-17H2,1-2H3,(H2,27,28,29,30,35)/t18-,19-/m1/s1. The van der Waals surface area contributed by atoms with E-state index in [1.54, 1.807) is 0 Å². The van der Waals surface area contributed by atoms with Crippen LogP contribution in [0.1, 0.15) is 51.5 Å². The molecule has 0 spiro atoms. The molecular formula is C26H36N6O2S. The summed E-state index contributed by atoms with van der Waals surface area (Å²) in [5, 5.41) is 7.03. The van der Waals surface area contributed by atoms with Crippen LogP contribution in [0.15, 0.2) is 24.3 Å². The Morgan fingerprint density at radius 1 is 1.00 bits per heavy atom. The molecule has 2 atom stereocenters. The van der Waals surface area contributed by atoms with E-state index in [0.29, 0.717) is 42.8 Å². The van der Waals surface area contributed by atoms with Gasteiger partial charge in [-0.1, -0.05) is 13.0 Å². The summed E-state index contributed by atoms with van der Waals surface area (Å²) in [4.78, 5) is 14.6. The monoisotopic (exact) mass is 496 g/mol. The Bertz CT molecular complexity index is 1050. The van der Waals surface area contributed by atoms with Gasteiger partial charge in [0.25, 0.3) is 0 Å². The third-order valence-electron chi connectivity index (χ3n) is 7.06. The summed E-state index contributed by atoms with van der Waals surface area (Å²) < 4.78 is 11.3. The van der Waals surface area contributed by atoms with Gasteiger partial charge in [-0.2, -0.15) is 9.97 Å². The van der Waals surface area contributed by atoms with Crippen molar-refractivity contribution >= 4 is 34.9 Å². The number of aromatic nitrogens is 2. The van der Waals surface area contributed by atoms with Crippen molar-refractivity contribution in [2.75, 3.05) is 48.0 Å². The van der Waals surface area contributed by atoms with Gasteiger partial charge in [0.15, 0.2) is 16.6 Å². The van der Waals surface area contributed by atoms with E-state index in [4.69, 9.17) is 31.7 Å². The molecular weight excluding hydrogens is 460 g/mol. The lowest BCUT2D eigenvalue weighted by Gasteiger charge is -2.36. The average Bonchev–Trinajstić information content (AvgIpc) is 2.87. The van der Waals surface area contributed by atoms with Crippen molar-refractivity contribution in [1.29, 1.82) is 0 Å². The zero-order chi connectivity index (χ0) is 24.2. The van der Waals surface area contributed by atoms with Gasteiger partial charge in [0.1, 0.15) is 24.8 Å². The normalized spacial score (nSPS) is 22.0. The Morgan fingerprint density at radius 3 is 2.66 bits per heavy atom. The molecule has 2 saturated heterocycles. The fourth-order valence-corrected chi connectivity index (χ4v) is 5.31. The van der Waals surface area contributed by atoms with Gasteiger partial charge in [0.2, 0.25) is 5.95 Å². The number of benzene rings is 1. The first-order valence-electron chi connectivity index (χ1n) is 12.9. The third-order valence-corrected chi connectivity index (χ3v) is 7.31. The second-order valence-electron chi connectivity index (χ2n) is 9.93. The van der Waals surface area contributed by atoms with E-state index >= 15 is 0 Å². The van der Waals surface area contributed by atoms with Crippen LogP contribution in [0, 0.1) is 5.92 Å². The Balaban J connectivity index is 1.30. The summed E-state index contributed by atoms with van der Waals surface area (Å²) in [5.74, 6) is 4.75. The highest BCUT2D eigenvalue weighted by molar-refractivity contribution is 7.80. The highest BCUT2D eigenvalue weighted by Gasteiger charge is 2.24. The Hall–Kier alpha value is -2.81. The Kier molecular flexibility index (Phi) is 7.41. The van der Waals surface area contributed by atoms with Crippen LogP contribution >= 0.6 is 12.2 Å². The molecule has 3 aliphatic rings. The maximum atomic E-state index is 5.69. The highest BCUT2D eigenvalue weighted by Crippen LogP contribution is 2.31. The lowest BCUT2D eigenvalue weighted by atomic mass is 10.0. The fraction of sp³-hybridized carbons (Fsp3) is 0.577. The van der Waals surface area contributed by atoms with E-state index in [1.165, 1.54) is 32.1 Å². The predicted octanol–water partition coefficient (Wildman–Crippen LogP) is 4.35. The van der Waals surface area contributed by atoms with Crippen molar-refractivity contribution in [3.05, 3.63) is 29.8 Å². The van der Waals surface area contributed by atoms with Crippen LogP contribution in [0.3, 0.4) is 0 Å². The van der Waals surface area contributed by atoms with Crippen LogP contribution in [-0.4, -0.2) is 54.0 Å². The largest absolute Gasteiger partial charge is 0.486 e. The molecule has 0 saturated carbocycles. The molecule has 2 fully saturated rings. The van der Waals surface area contributed by atoms with Crippen molar-refractivity contribution in [3.63, 3.8) is 0 Å². The maximum Gasteiger partial charge on any atom is 0.232 e. The average molecular weight is 497 g/mol. The summed E-state index contributed by atoms with van der Waals surface area (Å²) in [5.41, 5.74) is 1.07. The quantitative estimate of drug-likeness (QED) is 0.588. The number of hydrogen-bond acceptors (Lipinski definition) is 7. The van der Waals surface area contributed by atoms with Crippen molar-refractivity contribution < 1.29 is 9.47 Å². The molecule has 9 heteroatoms. The summed E-state index contributed by atoms with van der Waals surface area (Å²) in [6.45, 7) is 9.42. The molecule has 8 nitrogen and oxygen atoms in total. The van der Waals surface area contributed by atoms with Crippen molar-refractivity contribution in [2.45, 2.75) is 58.5 Å². The number of hydrogen-bond donors (Lipinski definition) is 2. The number of nitrogens with zero attached hydrogens (tertiary/aromatic N) is 4. The van der Waals surface area contributed by atoms with Gasteiger partial charge < -0.3 is 29.9 Å². The molecule has 0 unspecified atom stereocenters. The first kappa shape index (κ1) is 23.9. The van der Waals surface area contributed by atoms with Crippen LogP contribution < -0.4 is 29.9 Å². The van der Waals surface area contributed by atoms with E-state index in [1.807, 2.05) is 18.2 Å². The van der Waals surface area contributed by atoms with Gasteiger partial charge in [-0.05, 0) is 74.9 Å². The number of ether oxygens (including phenoxy) is 2. The van der Waals surface area contributed by atoms with E-state index in [2.05, 4.69) is 40.3 Å². The third kappa shape index (κ3) is 5.89. The molecule has 0 radical (unpaired) electrons. The summed E-state index contributed by atoms with van der Waals surface area (Å²) >= 11 is 5.61. The van der Waals surface area contributed by atoms with Gasteiger partial charge in [0.05, 0.1) is 0 Å². The SMILES string of the molecule is C[C@@H]1CCCN(c2cc(N3CCCC[C@H]3C)nc(NC(=S)NCc3ccc4c(c3)OCCO4)n2)C1. The Morgan fingerprint density at radius 2 is 1.83 bits per heavy atom. The number of fused-ring (bicyclic) bond motifs is 1. The molecule has 2 aromatic rings. The molecule has 188 valence electrons. The molecule has 1 aromatic heterocycles. The van der Waals surface area contributed by atoms with Crippen molar-refractivity contribution in [3.8, 4) is 11.5 Å². The van der Waals surface area contributed by atoms with Crippen LogP contribution in [0.5, 0.6) is 11.5 Å². The molecule has 35 heavy (non-hydrogen) atoms. The first-order chi connectivity index (χ1) is 17.0. The lowest BCUT2D eigenvalue weighted by Crippen LogP contribution is -2.39. The molecule has 0 aliphatic carbocycles. The number of thiocarbonyl (C=S) groups is 1. The molecule has 2 N–H and O–H groups in total. The summed E-state index contributed by atoms with van der Waals surface area (Å²) in [6, 6.07) is 8.60. The zero-order valence-corrected chi connectivity index (χ0v) is 21.6. The Labute approximate surface area is 213 Å². The van der Waals surface area contributed by atoms with Crippen LogP contribution in [0.25, 0.3) is 0 Å². The van der Waals surface area contributed by atoms with Gasteiger partial charge in [-0.25, -0.2) is 0 Å². The first-order valence-corrected chi connectivity index (χ1v) is 13.3. The highest BCUT2D eigenvalue weighted by atomic mass is 32.1. The van der Waals surface area contributed by atoms with Gasteiger partial charge in [0, 0.05) is 38.3 Å². The minimum Gasteiger partial charge on any atom is -0.486 e. The van der Waals surface area contributed by atoms with Crippen LogP contribution in [0.4, 0.5) is 17.6 Å². The van der Waals surface area contributed by atoms with Gasteiger partial charge in [-0.15, -0.1) is 0 Å². The minimum atomic E-state index is 0.472. The van der Waals surface area contributed by atoms with E-state index in [9.17, 15) is 0 Å². The molecule has 4 heterocycles. The topological polar surface area (TPSA) is 74.8 Å². The van der Waals surface area contributed by atoms with Gasteiger partial charge >= 0.3 is 0 Å². The molecule has 0 amide bonds. The van der Waals surface area contributed by atoms with Crippen molar-refractivity contribution in [2.24, 2.45) is 5.92 Å². The molecule has 3 aliphatic heterocycles. The second-order valence-corrected chi connectivity index (χ2v) is 10.3. The van der Waals surface area contributed by atoms with Crippen LogP contribution in [0.2, 0.25) is 0 Å². The number of anilines is 3. The van der Waals surface area contributed by atoms with E-state index in [0.717, 1.165) is 48.3 Å². The number of nitrogens with one attached hydrogen (secondary N) is 2. The van der Waals surface area contributed by atoms with Crippen LogP contribution in [-0.2, 0) is 6.54 Å². The molecule has 5 rings (SSSR count). The smallest absolute Gasteiger partial charge is 0.232 e.